The van der Waals surface area contributed by atoms with Gasteiger partial charge >= 0.3 is 0 Å². The number of hydrogen-bond donors (Lipinski definition) is 0. The molecule has 19 nitrogen and oxygen atoms in total. The average Bonchev–Trinajstić information content (AvgIpc) is 1.68. The minimum absolute atomic E-state index is 0. The van der Waals surface area contributed by atoms with Crippen molar-refractivity contribution >= 4 is 60.7 Å². The van der Waals surface area contributed by atoms with Crippen molar-refractivity contribution in [2.45, 2.75) is 271 Å². The quantitative estimate of drug-likeness (QED) is 0.122. The van der Waals surface area contributed by atoms with Gasteiger partial charge in [-0.2, -0.15) is 0 Å². The van der Waals surface area contributed by atoms with Crippen molar-refractivity contribution in [2.75, 3.05) is 98.3 Å². The van der Waals surface area contributed by atoms with Gasteiger partial charge in [0, 0.05) is 218 Å². The van der Waals surface area contributed by atoms with Gasteiger partial charge in [0.25, 0.3) is 0 Å². The molecular formula is C112H142N18O. The van der Waals surface area contributed by atoms with Crippen LogP contribution in [0.3, 0.4) is 0 Å². The zero-order valence-corrected chi connectivity index (χ0v) is 77.7. The number of nitrogens with zero attached hydrogens (tertiary/aromatic N) is 18. The molecule has 7 aromatic heterocycles. The molecule has 14 aromatic rings. The Balaban J connectivity index is 0.0000000992. The minimum Gasteiger partial charge on any atom is -0.379 e. The van der Waals surface area contributed by atoms with Crippen molar-refractivity contribution in [3.05, 3.63) is 239 Å². The summed E-state index contributed by atoms with van der Waals surface area (Å²) in [7, 11) is 0. The van der Waals surface area contributed by atoms with Gasteiger partial charge in [-0.1, -0.05) is 130 Å². The molecular weight excluding hydrogens is 1610 g/mol. The second-order valence-corrected chi connectivity index (χ2v) is 40.3. The number of benzene rings is 7. The Bertz CT molecular complexity index is 6230. The van der Waals surface area contributed by atoms with Gasteiger partial charge in [-0.25, -0.2) is 24.9 Å². The zero-order chi connectivity index (χ0) is 86.8. The molecule has 7 aliphatic heterocycles. The van der Waals surface area contributed by atoms with E-state index in [9.17, 15) is 0 Å². The third-order valence-corrected chi connectivity index (χ3v) is 32.0. The van der Waals surface area contributed by atoms with Crippen molar-refractivity contribution in [3.63, 3.8) is 0 Å². The van der Waals surface area contributed by atoms with Gasteiger partial charge in [-0.3, -0.25) is 34.3 Å². The fraction of sp³-hybridized carbons (Fsp3) is 0.509. The molecule has 5 aliphatic carbocycles. The lowest BCUT2D eigenvalue weighted by molar-refractivity contribution is 0.0342. The third kappa shape index (κ3) is 19.6. The first-order valence-electron chi connectivity index (χ1n) is 51.0. The lowest BCUT2D eigenvalue weighted by atomic mass is 9.91. The van der Waals surface area contributed by atoms with Crippen LogP contribution in [0.15, 0.2) is 176 Å². The number of aryl methyl sites for hydroxylation is 7. The summed E-state index contributed by atoms with van der Waals surface area (Å²) in [6, 6.07) is 64.7. The molecule has 0 amide bonds. The van der Waals surface area contributed by atoms with E-state index in [4.69, 9.17) is 29.7 Å². The minimum atomic E-state index is 0. The molecule has 14 heterocycles. The Labute approximate surface area is 777 Å². The lowest BCUT2D eigenvalue weighted by Crippen LogP contribution is -2.43. The molecule has 26 rings (SSSR count). The van der Waals surface area contributed by atoms with Crippen LogP contribution >= 0.6 is 0 Å². The van der Waals surface area contributed by atoms with Crippen molar-refractivity contribution in [1.82, 2.24) is 86.5 Å². The topological polar surface area (TPSA) is 125 Å². The van der Waals surface area contributed by atoms with E-state index in [-0.39, 0.29) is 7.43 Å². The van der Waals surface area contributed by atoms with E-state index < -0.39 is 0 Å². The Morgan fingerprint density at radius 3 is 1.07 bits per heavy atom. The van der Waals surface area contributed by atoms with Gasteiger partial charge in [0.2, 0.25) is 0 Å². The molecule has 686 valence electrons. The summed E-state index contributed by atoms with van der Waals surface area (Å²) < 4.78 is 20.0. The molecule has 0 bridgehead atoms. The van der Waals surface area contributed by atoms with Crippen molar-refractivity contribution in [3.8, 4) is 22.3 Å². The molecule has 12 aliphatic rings. The Kier molecular flexibility index (Phi) is 27.0. The smallest absolute Gasteiger partial charge is 0.111 e. The van der Waals surface area contributed by atoms with Gasteiger partial charge in [-0.15, -0.1) is 0 Å². The van der Waals surface area contributed by atoms with Crippen LogP contribution in [0.1, 0.15) is 198 Å². The molecule has 19 heteroatoms. The van der Waals surface area contributed by atoms with E-state index in [0.29, 0.717) is 0 Å². The van der Waals surface area contributed by atoms with Crippen LogP contribution in [0.25, 0.3) is 82.9 Å². The monoisotopic (exact) mass is 1760 g/mol. The number of ether oxygens (including phenoxy) is 1. The summed E-state index contributed by atoms with van der Waals surface area (Å²) in [5.41, 5.74) is 27.0. The zero-order valence-electron chi connectivity index (χ0n) is 77.7. The molecule has 1 saturated heterocycles. The normalized spacial score (nSPS) is 20.4. The SMILES string of the molecule is C.Cc1ccc(-c2ccc3c(c2)nc2n3CCCN(C3CCC3)CC2)cc1.Cc1ccc2c(c1)nc1n2CCCN(C2CCC2)CC1.c1cc2c(cc1CN1CCOCC1)nc1n2CCCN(C2CCC2)CC1.c1cc2ccc(-c3ccc4c(c3)nc3n4CCCN(C4CCC4)CC3)cn2c1.c1ccc2c(c1)CCN(Cc1ccc3c(c1)nc1n3CCCN(C3CCC3)CC1)C2. The number of pyridine rings is 1. The van der Waals surface area contributed by atoms with Crippen LogP contribution in [0.5, 0.6) is 0 Å². The molecule has 0 N–H and O–H groups in total. The van der Waals surface area contributed by atoms with Gasteiger partial charge in [0.1, 0.15) is 29.1 Å². The largest absolute Gasteiger partial charge is 0.379 e. The van der Waals surface area contributed by atoms with E-state index in [0.717, 1.165) is 172 Å². The molecule has 7 aromatic carbocycles. The molecule has 0 spiro atoms. The van der Waals surface area contributed by atoms with E-state index in [1.54, 1.807) is 0 Å². The maximum Gasteiger partial charge on any atom is 0.111 e. The molecule has 0 radical (unpaired) electrons. The fourth-order valence-corrected chi connectivity index (χ4v) is 23.3. The van der Waals surface area contributed by atoms with Crippen LogP contribution in [-0.2, 0) is 95.6 Å². The summed E-state index contributed by atoms with van der Waals surface area (Å²) in [6.45, 7) is 29.9. The van der Waals surface area contributed by atoms with E-state index in [1.807, 2.05) is 0 Å². The van der Waals surface area contributed by atoms with Crippen LogP contribution < -0.4 is 0 Å². The molecule has 0 atom stereocenters. The predicted octanol–water partition coefficient (Wildman–Crippen LogP) is 20.4. The predicted molar refractivity (Wildman–Crippen MR) is 535 cm³/mol. The van der Waals surface area contributed by atoms with E-state index >= 15 is 0 Å². The number of hydrogen-bond acceptors (Lipinski definition) is 13. The average molecular weight is 1760 g/mol. The third-order valence-electron chi connectivity index (χ3n) is 32.0. The maximum absolute atomic E-state index is 5.46. The summed E-state index contributed by atoms with van der Waals surface area (Å²) in [5, 5.41) is 0. The number of imidazole rings is 5. The first kappa shape index (κ1) is 88.0. The van der Waals surface area contributed by atoms with Gasteiger partial charge in [-0.05, 0) is 246 Å². The molecule has 131 heavy (non-hydrogen) atoms. The van der Waals surface area contributed by atoms with E-state index in [2.05, 4.69) is 252 Å². The van der Waals surface area contributed by atoms with Gasteiger partial charge in [0.15, 0.2) is 0 Å². The van der Waals surface area contributed by atoms with Crippen LogP contribution in [0, 0.1) is 13.8 Å². The Morgan fingerprint density at radius 2 is 0.649 bits per heavy atom. The Morgan fingerprint density at radius 1 is 0.290 bits per heavy atom. The first-order chi connectivity index (χ1) is 64.1. The first-order valence-corrected chi connectivity index (χ1v) is 51.0. The standard InChI is InChI=1S/C26H32N4.C24H26N4.C23H27N3.C21H30N4O.C17H23N3.CH4/c1-2-6-22-19-28(15-11-21(22)5-1)18-20-9-10-25-24(17-20)27-26-12-16-29(23-7-3-8-23)13-4-14-30(25)26;1-4-20(5-1)26-13-3-14-28-23-10-8-18(16-22(23)25-24(28)11-15-26)19-7-9-21-6-2-12-27(21)17-19;1-17-6-8-18(9-7-17)19-10-11-22-21(16-19)24-23-12-15-25(20-4-2-5-20)13-3-14-26(22)23;1-3-18(4-1)24-8-2-9-25-20-6-5-17(16-23-11-13-26-14-12-23)15-19(20)22-21(25)7-10-24;1-13-6-7-16-15(12-13)18-17-8-11-19(14-4-2-5-14)9-3-10-20(16)17;/h1-2,5-6,9-10,17,23H,3-4,7-8,11-16,18-19H2;2,6-10,12,16-17,20H,1,3-5,11,13-15H2;6-11,16,20H,2-5,12-15H2,1H3;5-6,15,18H,1-4,7-14,16H2;6-7,12,14H,2-5,8-11H2,1H3;1H4. The summed E-state index contributed by atoms with van der Waals surface area (Å²) in [5.74, 6) is 6.39. The number of morpholine rings is 1. The second kappa shape index (κ2) is 40.2. The molecule has 5 saturated carbocycles. The number of aromatic nitrogens is 11. The van der Waals surface area contributed by atoms with Crippen molar-refractivity contribution < 1.29 is 4.74 Å². The summed E-state index contributed by atoms with van der Waals surface area (Å²) >= 11 is 0. The lowest BCUT2D eigenvalue weighted by Gasteiger charge is -2.38. The molecule has 0 unspecified atom stereocenters. The van der Waals surface area contributed by atoms with Crippen LogP contribution in [0.4, 0.5) is 0 Å². The number of rotatable bonds is 11. The van der Waals surface area contributed by atoms with Crippen molar-refractivity contribution in [2.24, 2.45) is 0 Å². The maximum atomic E-state index is 5.46. The van der Waals surface area contributed by atoms with Gasteiger partial charge < -0.3 is 32.0 Å². The summed E-state index contributed by atoms with van der Waals surface area (Å²) in [4.78, 5) is 43.8. The second-order valence-electron chi connectivity index (χ2n) is 40.3. The highest BCUT2D eigenvalue weighted by Gasteiger charge is 2.33. The fourth-order valence-electron chi connectivity index (χ4n) is 23.3. The summed E-state index contributed by atoms with van der Waals surface area (Å²) in [6.07, 6.45) is 38.2. The van der Waals surface area contributed by atoms with Crippen LogP contribution in [0.2, 0.25) is 0 Å². The van der Waals surface area contributed by atoms with E-state index in [1.165, 1.54) is 322 Å². The number of fused-ring (bicyclic) bond motifs is 17. The molecule has 6 fully saturated rings. The Hall–Kier alpha value is -9.67. The highest BCUT2D eigenvalue weighted by atomic mass is 16.5. The van der Waals surface area contributed by atoms with Crippen LogP contribution in [-0.4, -0.2) is 215 Å². The van der Waals surface area contributed by atoms with Gasteiger partial charge in [0.05, 0.1) is 68.4 Å². The highest BCUT2D eigenvalue weighted by molar-refractivity contribution is 5.85. The van der Waals surface area contributed by atoms with Crippen molar-refractivity contribution in [1.29, 1.82) is 0 Å². The highest BCUT2D eigenvalue weighted by Crippen LogP contribution is 2.37.